The van der Waals surface area contributed by atoms with E-state index in [1.807, 2.05) is 6.21 Å². The van der Waals surface area contributed by atoms with Crippen molar-refractivity contribution in [3.05, 3.63) is 23.8 Å². The molecule has 1 aromatic carbocycles. The number of aromatic nitrogens is 2. The van der Waals surface area contributed by atoms with Crippen LogP contribution in [0.3, 0.4) is 0 Å². The van der Waals surface area contributed by atoms with Crippen LogP contribution in [0.5, 0.6) is 0 Å². The number of halogens is 4. The number of hydrogen-bond acceptors (Lipinski definition) is 4. The summed E-state index contributed by atoms with van der Waals surface area (Å²) >= 11 is -1.85. The molecule has 2 aromatic rings. The zero-order chi connectivity index (χ0) is 22.8. The molecule has 2 N–H and O–H groups in total. The van der Waals surface area contributed by atoms with Crippen LogP contribution >= 0.6 is 0 Å². The van der Waals surface area contributed by atoms with Gasteiger partial charge in [-0.3, -0.25) is 0 Å². The number of nitrogens with zero attached hydrogens (tertiary/aromatic N) is 2. The molecule has 2 fully saturated rings. The van der Waals surface area contributed by atoms with Gasteiger partial charge in [0, 0.05) is 0 Å². The van der Waals surface area contributed by atoms with Gasteiger partial charge < -0.3 is 0 Å². The summed E-state index contributed by atoms with van der Waals surface area (Å²) in [5, 5.41) is 9.80. The zero-order valence-corrected chi connectivity index (χ0v) is 20.2. The van der Waals surface area contributed by atoms with Gasteiger partial charge in [0.25, 0.3) is 0 Å². The summed E-state index contributed by atoms with van der Waals surface area (Å²) in [6, 6.07) is 3.36. The van der Waals surface area contributed by atoms with Crippen molar-refractivity contribution in [1.29, 1.82) is 0 Å². The number of H-pyrrole nitrogens is 1. The Morgan fingerprint density at radius 2 is 2.12 bits per heavy atom. The number of alkyl halides is 7. The molecule has 6 nitrogen and oxygen atoms in total. The summed E-state index contributed by atoms with van der Waals surface area (Å²) in [7, 11) is 0. The van der Waals surface area contributed by atoms with Gasteiger partial charge in [-0.1, -0.05) is 0 Å². The average Bonchev–Trinajstić information content (AvgIpc) is 3.40. The fraction of sp³-hybridized carbons (Fsp3) is 0.591. The SMILES string of the molecule is CC[I-]1(C2CCOCC2)CC[C@H](C=NC(=O)CNc2n[nH]c3ccc(C(F)(F)F)cc23)C1. The van der Waals surface area contributed by atoms with Crippen LogP contribution in [-0.4, -0.2) is 59.3 Å². The van der Waals surface area contributed by atoms with Gasteiger partial charge in [0.05, 0.1) is 0 Å². The van der Waals surface area contributed by atoms with Crippen LogP contribution in [0.4, 0.5) is 19.0 Å². The molecular formula is C22H29F3IN4O2-. The molecule has 0 aliphatic carbocycles. The number of ether oxygens (including phenoxy) is 1. The quantitative estimate of drug-likeness (QED) is 0.311. The number of aliphatic imine (C=N–C) groups is 1. The minimum absolute atomic E-state index is 0.112. The van der Waals surface area contributed by atoms with E-state index in [1.165, 1.54) is 32.2 Å². The Morgan fingerprint density at radius 1 is 1.34 bits per heavy atom. The maximum atomic E-state index is 13.0. The van der Waals surface area contributed by atoms with Gasteiger partial charge in [-0.15, -0.1) is 0 Å². The third kappa shape index (κ3) is 5.11. The summed E-state index contributed by atoms with van der Waals surface area (Å²) in [6.07, 6.45) is 0.854. The van der Waals surface area contributed by atoms with Crippen LogP contribution in [0.15, 0.2) is 23.2 Å². The van der Waals surface area contributed by atoms with Crippen LogP contribution < -0.4 is 23.8 Å². The van der Waals surface area contributed by atoms with Gasteiger partial charge in [0.15, 0.2) is 0 Å². The first-order valence-electron chi connectivity index (χ1n) is 10.9. The molecule has 1 aromatic heterocycles. The van der Waals surface area contributed by atoms with Crippen LogP contribution in [0.1, 0.15) is 31.7 Å². The number of carbonyl (C=O) groups excluding carboxylic acids is 1. The molecule has 1 unspecified atom stereocenters. The number of nitrogens with one attached hydrogen (secondary N) is 2. The number of aromatic amines is 1. The molecule has 2 aliphatic heterocycles. The number of benzene rings is 1. The average molecular weight is 565 g/mol. The second-order valence-electron chi connectivity index (χ2n) is 8.33. The fourth-order valence-electron chi connectivity index (χ4n) is 4.61. The molecule has 3 heterocycles. The topological polar surface area (TPSA) is 79.4 Å². The second-order valence-corrected chi connectivity index (χ2v) is 19.5. The van der Waals surface area contributed by atoms with Crippen molar-refractivity contribution >= 4 is 28.8 Å². The van der Waals surface area contributed by atoms with E-state index in [2.05, 4.69) is 27.4 Å². The van der Waals surface area contributed by atoms with Crippen LogP contribution in [0.25, 0.3) is 10.9 Å². The normalized spacial score (nSPS) is 27.1. The summed E-state index contributed by atoms with van der Waals surface area (Å²) in [6.45, 7) is 3.98. The van der Waals surface area contributed by atoms with Gasteiger partial charge >= 0.3 is 176 Å². The number of hydrogen-bond donors (Lipinski definition) is 2. The summed E-state index contributed by atoms with van der Waals surface area (Å²) in [4.78, 5) is 16.5. The van der Waals surface area contributed by atoms with Gasteiger partial charge in [-0.25, -0.2) is 0 Å². The molecule has 2 atom stereocenters. The summed E-state index contributed by atoms with van der Waals surface area (Å²) < 4.78 is 49.2. The first kappa shape index (κ1) is 23.5. The van der Waals surface area contributed by atoms with Crippen LogP contribution in [-0.2, 0) is 15.7 Å². The molecule has 178 valence electrons. The number of rotatable bonds is 6. The molecule has 10 heteroatoms. The first-order valence-corrected chi connectivity index (χ1v) is 16.7. The summed E-state index contributed by atoms with van der Waals surface area (Å²) in [5.41, 5.74) is -0.285. The maximum absolute atomic E-state index is 13.0. The molecule has 0 spiro atoms. The monoisotopic (exact) mass is 565 g/mol. The van der Waals surface area contributed by atoms with Gasteiger partial charge in [0.2, 0.25) is 0 Å². The molecule has 1 amide bonds. The molecule has 2 aliphatic rings. The van der Waals surface area contributed by atoms with Gasteiger partial charge in [0.1, 0.15) is 0 Å². The van der Waals surface area contributed by atoms with Crippen molar-refractivity contribution in [3.8, 4) is 0 Å². The van der Waals surface area contributed by atoms with Crippen molar-refractivity contribution in [2.45, 2.75) is 36.3 Å². The number of carbonyl (C=O) groups is 1. The third-order valence-electron chi connectivity index (χ3n) is 6.43. The number of anilines is 1. The minimum atomic E-state index is -4.44. The number of amides is 1. The van der Waals surface area contributed by atoms with Crippen molar-refractivity contribution in [3.63, 3.8) is 0 Å². The van der Waals surface area contributed by atoms with E-state index < -0.39 is 30.2 Å². The van der Waals surface area contributed by atoms with E-state index in [9.17, 15) is 18.0 Å². The van der Waals surface area contributed by atoms with Crippen molar-refractivity contribution in [2.75, 3.05) is 38.4 Å². The summed E-state index contributed by atoms with van der Waals surface area (Å²) in [5.74, 6) is 0.230. The standard InChI is InChI=1S/C22H29F3IN4O2/c1-2-26(17-6-9-32-10-7-17)8-5-15(12-26)13-27-20(31)14-28-21-18-11-16(22(23,24)25)3-4-19(18)29-30-21/h3-4,11,13,15,17H,2,5-10,12,14H2,1H3,(H2,28,29,30)/q-1/t15-/m0/s1. The zero-order valence-electron chi connectivity index (χ0n) is 18.1. The molecule has 2 saturated heterocycles. The van der Waals surface area contributed by atoms with E-state index in [-0.39, 0.29) is 18.3 Å². The molecule has 0 saturated carbocycles. The second kappa shape index (κ2) is 9.66. The Kier molecular flexibility index (Phi) is 7.09. The van der Waals surface area contributed by atoms with Gasteiger partial charge in [-0.05, 0) is 0 Å². The van der Waals surface area contributed by atoms with E-state index in [1.54, 1.807) is 0 Å². The van der Waals surface area contributed by atoms with E-state index in [0.717, 1.165) is 35.7 Å². The molecule has 0 radical (unpaired) electrons. The van der Waals surface area contributed by atoms with E-state index in [0.29, 0.717) is 16.8 Å². The predicted molar refractivity (Wildman–Crippen MR) is 115 cm³/mol. The van der Waals surface area contributed by atoms with E-state index in [4.69, 9.17) is 4.74 Å². The van der Waals surface area contributed by atoms with Crippen molar-refractivity contribution in [2.24, 2.45) is 10.9 Å². The Labute approximate surface area is 189 Å². The predicted octanol–water partition coefficient (Wildman–Crippen LogP) is 0.970. The van der Waals surface area contributed by atoms with Crippen molar-refractivity contribution < 1.29 is 41.1 Å². The molecule has 4 rings (SSSR count). The van der Waals surface area contributed by atoms with Crippen molar-refractivity contribution in [1.82, 2.24) is 10.2 Å². The Hall–Kier alpha value is -1.69. The fourth-order valence-corrected chi connectivity index (χ4v) is 17.4. The molecule has 0 bridgehead atoms. The molecule has 32 heavy (non-hydrogen) atoms. The molecular weight excluding hydrogens is 536 g/mol. The first-order chi connectivity index (χ1) is 15.3. The third-order valence-corrected chi connectivity index (χ3v) is 20.1. The number of fused-ring (bicyclic) bond motifs is 1. The van der Waals surface area contributed by atoms with Crippen LogP contribution in [0.2, 0.25) is 0 Å². The Bertz CT molecular complexity index is 987. The van der Waals surface area contributed by atoms with E-state index >= 15 is 0 Å². The Morgan fingerprint density at radius 3 is 2.84 bits per heavy atom. The Balaban J connectivity index is 1.34. The van der Waals surface area contributed by atoms with Crippen LogP contribution in [0, 0.1) is 5.92 Å². The van der Waals surface area contributed by atoms with Gasteiger partial charge in [-0.2, -0.15) is 13.2 Å².